The molecule has 0 saturated carbocycles. The van der Waals surface area contributed by atoms with Crippen molar-refractivity contribution in [2.45, 2.75) is 6.61 Å². The van der Waals surface area contributed by atoms with Gasteiger partial charge in [0.25, 0.3) is 0 Å². The van der Waals surface area contributed by atoms with Gasteiger partial charge in [0, 0.05) is 11.6 Å². The van der Waals surface area contributed by atoms with Crippen LogP contribution in [0.4, 0.5) is 0 Å². The molecule has 0 bridgehead atoms. The van der Waals surface area contributed by atoms with Crippen molar-refractivity contribution < 1.29 is 19.4 Å². The van der Waals surface area contributed by atoms with Gasteiger partial charge in [-0.25, -0.2) is 0 Å². The highest BCUT2D eigenvalue weighted by Crippen LogP contribution is 2.23. The molecule has 1 N–H and O–H groups in total. The predicted molar refractivity (Wildman–Crippen MR) is 105 cm³/mol. The number of ketones is 1. The van der Waals surface area contributed by atoms with E-state index in [2.05, 4.69) is 0 Å². The third-order valence-corrected chi connectivity index (χ3v) is 4.04. The first kappa shape index (κ1) is 18.3. The molecule has 0 aromatic heterocycles. The Kier molecular flexibility index (Phi) is 5.90. The lowest BCUT2D eigenvalue weighted by atomic mass is 10.1. The molecule has 0 aliphatic rings. The topological polar surface area (TPSA) is 55.8 Å². The molecule has 3 rings (SSSR count). The molecule has 0 saturated heterocycles. The number of benzene rings is 3. The number of para-hydroxylation sites is 1. The van der Waals surface area contributed by atoms with Gasteiger partial charge < -0.3 is 14.6 Å². The molecule has 0 aliphatic heterocycles. The van der Waals surface area contributed by atoms with Crippen LogP contribution in [0.1, 0.15) is 21.5 Å². The number of ether oxygens (including phenoxy) is 2. The smallest absolute Gasteiger partial charge is 0.193 e. The number of aliphatic hydroxyl groups excluding tert-OH is 1. The van der Waals surface area contributed by atoms with Gasteiger partial charge >= 0.3 is 0 Å². The average molecular weight is 360 g/mol. The van der Waals surface area contributed by atoms with E-state index in [9.17, 15) is 9.90 Å². The largest absolute Gasteiger partial charge is 0.507 e. The van der Waals surface area contributed by atoms with Gasteiger partial charge in [-0.05, 0) is 42.0 Å². The van der Waals surface area contributed by atoms with Crippen molar-refractivity contribution in [1.29, 1.82) is 0 Å². The van der Waals surface area contributed by atoms with Gasteiger partial charge in [0.15, 0.2) is 5.78 Å². The Morgan fingerprint density at radius 2 is 1.59 bits per heavy atom. The Labute approximate surface area is 158 Å². The lowest BCUT2D eigenvalue weighted by Gasteiger charge is -2.10. The molecule has 3 aromatic carbocycles. The SMILES string of the molecule is COc1ccc(/C(O)=C\C(=O)c2ccccc2OCc2ccccc2)cc1. The molecule has 0 aliphatic carbocycles. The molecule has 3 aromatic rings. The maximum atomic E-state index is 12.6. The summed E-state index contributed by atoms with van der Waals surface area (Å²) in [5.74, 6) is 0.718. The fourth-order valence-corrected chi connectivity index (χ4v) is 2.58. The highest BCUT2D eigenvalue weighted by Gasteiger charge is 2.12. The molecule has 0 heterocycles. The first-order chi connectivity index (χ1) is 13.2. The van der Waals surface area contributed by atoms with Crippen molar-refractivity contribution in [3.8, 4) is 11.5 Å². The molecule has 136 valence electrons. The van der Waals surface area contributed by atoms with Crippen LogP contribution in [-0.4, -0.2) is 18.0 Å². The van der Waals surface area contributed by atoms with Gasteiger partial charge in [-0.3, -0.25) is 4.79 Å². The zero-order valence-corrected chi connectivity index (χ0v) is 15.0. The van der Waals surface area contributed by atoms with Gasteiger partial charge in [-0.15, -0.1) is 0 Å². The van der Waals surface area contributed by atoms with Gasteiger partial charge in [0.2, 0.25) is 0 Å². The molecule has 0 atom stereocenters. The molecule has 4 nitrogen and oxygen atoms in total. The van der Waals surface area contributed by atoms with Crippen LogP contribution in [0.2, 0.25) is 0 Å². The summed E-state index contributed by atoms with van der Waals surface area (Å²) in [5, 5.41) is 10.3. The number of rotatable bonds is 7. The van der Waals surface area contributed by atoms with E-state index in [1.807, 2.05) is 36.4 Å². The Morgan fingerprint density at radius 1 is 0.926 bits per heavy atom. The number of hydrogen-bond acceptors (Lipinski definition) is 4. The van der Waals surface area contributed by atoms with Crippen LogP contribution in [0.3, 0.4) is 0 Å². The maximum absolute atomic E-state index is 12.6. The van der Waals surface area contributed by atoms with Crippen LogP contribution < -0.4 is 9.47 Å². The minimum atomic E-state index is -0.327. The number of carbonyl (C=O) groups excluding carboxylic acids is 1. The number of aliphatic hydroxyl groups is 1. The van der Waals surface area contributed by atoms with Crippen molar-refractivity contribution in [2.24, 2.45) is 0 Å². The summed E-state index contributed by atoms with van der Waals surface area (Å²) in [4.78, 5) is 12.6. The summed E-state index contributed by atoms with van der Waals surface area (Å²) in [7, 11) is 1.57. The van der Waals surface area contributed by atoms with Gasteiger partial charge in [0.1, 0.15) is 23.9 Å². The Hall–Kier alpha value is -3.53. The second-order valence-corrected chi connectivity index (χ2v) is 5.89. The molecule has 0 fully saturated rings. The Bertz CT molecular complexity index is 928. The van der Waals surface area contributed by atoms with Crippen molar-refractivity contribution in [3.05, 3.63) is 102 Å². The fraction of sp³-hybridized carbons (Fsp3) is 0.0870. The van der Waals surface area contributed by atoms with Gasteiger partial charge in [-0.2, -0.15) is 0 Å². The van der Waals surface area contributed by atoms with Crippen LogP contribution in [0.15, 0.2) is 84.9 Å². The van der Waals surface area contributed by atoms with E-state index in [0.717, 1.165) is 5.56 Å². The van der Waals surface area contributed by atoms with Gasteiger partial charge in [-0.1, -0.05) is 42.5 Å². The van der Waals surface area contributed by atoms with Crippen LogP contribution in [0.5, 0.6) is 11.5 Å². The Balaban J connectivity index is 1.77. The van der Waals surface area contributed by atoms with E-state index in [-0.39, 0.29) is 11.5 Å². The summed E-state index contributed by atoms with van der Waals surface area (Å²) in [6.45, 7) is 0.360. The summed E-state index contributed by atoms with van der Waals surface area (Å²) >= 11 is 0. The number of methoxy groups -OCH3 is 1. The van der Waals surface area contributed by atoms with E-state index in [0.29, 0.717) is 29.2 Å². The minimum Gasteiger partial charge on any atom is -0.507 e. The van der Waals surface area contributed by atoms with E-state index in [4.69, 9.17) is 9.47 Å². The second-order valence-electron chi connectivity index (χ2n) is 5.89. The van der Waals surface area contributed by atoms with Crippen LogP contribution in [0, 0.1) is 0 Å². The zero-order valence-electron chi connectivity index (χ0n) is 15.0. The molecule has 0 unspecified atom stereocenters. The zero-order chi connectivity index (χ0) is 19.1. The number of hydrogen-bond donors (Lipinski definition) is 1. The van der Waals surface area contributed by atoms with Crippen LogP contribution >= 0.6 is 0 Å². The maximum Gasteiger partial charge on any atom is 0.193 e. The van der Waals surface area contributed by atoms with Crippen LogP contribution in [0.25, 0.3) is 5.76 Å². The highest BCUT2D eigenvalue weighted by molar-refractivity contribution is 6.09. The summed E-state index contributed by atoms with van der Waals surface area (Å²) in [6.07, 6.45) is 1.20. The molecule has 0 spiro atoms. The molecule has 0 radical (unpaired) electrons. The van der Waals surface area contributed by atoms with Crippen molar-refractivity contribution in [2.75, 3.05) is 7.11 Å². The summed E-state index contributed by atoms with van der Waals surface area (Å²) in [5.41, 5.74) is 1.94. The van der Waals surface area contributed by atoms with Crippen molar-refractivity contribution >= 4 is 11.5 Å². The lowest BCUT2D eigenvalue weighted by molar-refractivity contribution is 0.104. The van der Waals surface area contributed by atoms with Gasteiger partial charge in [0.05, 0.1) is 12.7 Å². The first-order valence-electron chi connectivity index (χ1n) is 8.52. The molecule has 27 heavy (non-hydrogen) atoms. The number of allylic oxidation sites excluding steroid dienone is 1. The second kappa shape index (κ2) is 8.72. The highest BCUT2D eigenvalue weighted by atomic mass is 16.5. The van der Waals surface area contributed by atoms with E-state index >= 15 is 0 Å². The van der Waals surface area contributed by atoms with E-state index in [1.54, 1.807) is 49.6 Å². The quantitative estimate of drug-likeness (QED) is 0.364. The van der Waals surface area contributed by atoms with Crippen LogP contribution in [-0.2, 0) is 6.61 Å². The molecular formula is C23H20O4. The fourth-order valence-electron chi connectivity index (χ4n) is 2.58. The predicted octanol–water partition coefficient (Wildman–Crippen LogP) is 5.06. The monoisotopic (exact) mass is 360 g/mol. The van der Waals surface area contributed by atoms with E-state index in [1.165, 1.54) is 6.08 Å². The van der Waals surface area contributed by atoms with E-state index < -0.39 is 0 Å². The molecular weight excluding hydrogens is 340 g/mol. The third-order valence-electron chi connectivity index (χ3n) is 4.04. The van der Waals surface area contributed by atoms with Crippen molar-refractivity contribution in [3.63, 3.8) is 0 Å². The Morgan fingerprint density at radius 3 is 2.30 bits per heavy atom. The molecule has 0 amide bonds. The normalized spacial score (nSPS) is 11.1. The summed E-state index contributed by atoms with van der Waals surface area (Å²) < 4.78 is 10.9. The summed E-state index contributed by atoms with van der Waals surface area (Å²) in [6, 6.07) is 23.6. The van der Waals surface area contributed by atoms with Crippen molar-refractivity contribution in [1.82, 2.24) is 0 Å². The number of carbonyl (C=O) groups is 1. The average Bonchev–Trinajstić information content (AvgIpc) is 2.73. The third kappa shape index (κ3) is 4.76. The first-order valence-corrected chi connectivity index (χ1v) is 8.52. The molecule has 4 heteroatoms. The minimum absolute atomic E-state index is 0.111. The standard InChI is InChI=1S/C23H20O4/c1-26-19-13-11-18(12-14-19)21(24)15-22(25)20-9-5-6-10-23(20)27-16-17-7-3-2-4-8-17/h2-15,24H,16H2,1H3/b21-15+. The lowest BCUT2D eigenvalue weighted by Crippen LogP contribution is -2.03.